The highest BCUT2D eigenvalue weighted by molar-refractivity contribution is 7.08. The second kappa shape index (κ2) is 7.29. The number of carbonyl (C=O) groups is 1. The van der Waals surface area contributed by atoms with Crippen LogP contribution >= 0.6 is 11.5 Å². The van der Waals surface area contributed by atoms with Gasteiger partial charge < -0.3 is 10.6 Å². The maximum Gasteiger partial charge on any atom is 0.264 e. The normalized spacial score (nSPS) is 10.4. The van der Waals surface area contributed by atoms with Gasteiger partial charge in [-0.3, -0.25) is 4.79 Å². The van der Waals surface area contributed by atoms with E-state index in [1.165, 1.54) is 11.5 Å². The van der Waals surface area contributed by atoms with Crippen molar-refractivity contribution >= 4 is 17.4 Å². The molecule has 16 heavy (non-hydrogen) atoms. The molecule has 0 saturated carbocycles. The van der Waals surface area contributed by atoms with Gasteiger partial charge in [-0.05, 0) is 38.0 Å². The number of aromatic nitrogens is 2. The van der Waals surface area contributed by atoms with Crippen molar-refractivity contribution in [1.29, 1.82) is 0 Å². The summed E-state index contributed by atoms with van der Waals surface area (Å²) in [5.41, 5.74) is 0.818. The van der Waals surface area contributed by atoms with E-state index in [0.29, 0.717) is 11.4 Å². The number of amides is 1. The molecule has 1 aromatic heterocycles. The molecule has 2 N–H and O–H groups in total. The molecule has 0 aliphatic rings. The molecule has 0 bridgehead atoms. The monoisotopic (exact) mass is 242 g/mol. The fraction of sp³-hybridized carbons (Fsp3) is 0.700. The van der Waals surface area contributed by atoms with Gasteiger partial charge in [0, 0.05) is 6.54 Å². The van der Waals surface area contributed by atoms with E-state index in [2.05, 4.69) is 27.1 Å². The Bertz CT molecular complexity index is 326. The number of nitrogens with one attached hydrogen (secondary N) is 2. The van der Waals surface area contributed by atoms with E-state index in [4.69, 9.17) is 0 Å². The zero-order valence-electron chi connectivity index (χ0n) is 9.75. The first-order valence-corrected chi connectivity index (χ1v) is 6.31. The Morgan fingerprint density at radius 2 is 2.25 bits per heavy atom. The van der Waals surface area contributed by atoms with Crippen LogP contribution in [0.2, 0.25) is 0 Å². The van der Waals surface area contributed by atoms with Crippen LogP contribution < -0.4 is 10.6 Å². The molecular weight excluding hydrogens is 224 g/mol. The fourth-order valence-electron chi connectivity index (χ4n) is 1.33. The van der Waals surface area contributed by atoms with Gasteiger partial charge in [0.2, 0.25) is 0 Å². The summed E-state index contributed by atoms with van der Waals surface area (Å²) in [7, 11) is 1.90. The number of hydrogen-bond donors (Lipinski definition) is 2. The molecule has 1 amide bonds. The minimum Gasteiger partial charge on any atom is -0.351 e. The van der Waals surface area contributed by atoms with Gasteiger partial charge in [-0.2, -0.15) is 0 Å². The summed E-state index contributed by atoms with van der Waals surface area (Å²) < 4.78 is 3.82. The highest BCUT2D eigenvalue weighted by Crippen LogP contribution is 2.11. The molecule has 1 heterocycles. The summed E-state index contributed by atoms with van der Waals surface area (Å²) in [4.78, 5) is 12.4. The molecule has 1 aromatic rings. The fourth-order valence-corrected chi connectivity index (χ4v) is 1.95. The minimum atomic E-state index is -0.0467. The van der Waals surface area contributed by atoms with Crippen LogP contribution in [-0.2, 0) is 6.42 Å². The topological polar surface area (TPSA) is 66.9 Å². The van der Waals surface area contributed by atoms with Crippen LogP contribution in [0.1, 0.15) is 35.1 Å². The van der Waals surface area contributed by atoms with Crippen LogP contribution in [0.4, 0.5) is 0 Å². The number of rotatable bonds is 7. The van der Waals surface area contributed by atoms with E-state index in [0.717, 1.165) is 31.5 Å². The summed E-state index contributed by atoms with van der Waals surface area (Å²) in [5, 5.41) is 9.87. The first-order valence-electron chi connectivity index (χ1n) is 5.53. The molecule has 0 aromatic carbocycles. The van der Waals surface area contributed by atoms with Gasteiger partial charge in [0.25, 0.3) is 5.91 Å². The highest BCUT2D eigenvalue weighted by Gasteiger charge is 2.14. The van der Waals surface area contributed by atoms with Gasteiger partial charge in [0.1, 0.15) is 4.88 Å². The Morgan fingerprint density at radius 3 is 2.94 bits per heavy atom. The molecule has 6 heteroatoms. The Hall–Kier alpha value is -1.01. The minimum absolute atomic E-state index is 0.0467. The van der Waals surface area contributed by atoms with Crippen LogP contribution in [0, 0.1) is 0 Å². The van der Waals surface area contributed by atoms with E-state index in [1.54, 1.807) is 0 Å². The third-order valence-corrected chi connectivity index (χ3v) is 2.90. The van der Waals surface area contributed by atoms with Gasteiger partial charge in [-0.1, -0.05) is 17.8 Å². The van der Waals surface area contributed by atoms with Crippen LogP contribution in [0.15, 0.2) is 0 Å². The molecule has 0 radical (unpaired) electrons. The number of aryl methyl sites for hydroxylation is 1. The molecule has 0 saturated heterocycles. The van der Waals surface area contributed by atoms with E-state index in [-0.39, 0.29) is 5.91 Å². The SMILES string of the molecule is CCCc1nnsc1C(=O)NCCCNC. The highest BCUT2D eigenvalue weighted by atomic mass is 32.1. The molecule has 0 aliphatic heterocycles. The van der Waals surface area contributed by atoms with Crippen molar-refractivity contribution < 1.29 is 4.79 Å². The quantitative estimate of drug-likeness (QED) is 0.695. The maximum atomic E-state index is 11.8. The molecule has 1 rings (SSSR count). The average Bonchev–Trinajstić information content (AvgIpc) is 2.73. The smallest absolute Gasteiger partial charge is 0.264 e. The number of carbonyl (C=O) groups excluding carboxylic acids is 1. The number of hydrogen-bond acceptors (Lipinski definition) is 5. The van der Waals surface area contributed by atoms with Crippen LogP contribution in [0.25, 0.3) is 0 Å². The van der Waals surface area contributed by atoms with Crippen LogP contribution in [-0.4, -0.2) is 35.6 Å². The Morgan fingerprint density at radius 1 is 1.44 bits per heavy atom. The first kappa shape index (κ1) is 13.1. The van der Waals surface area contributed by atoms with Gasteiger partial charge in [0.05, 0.1) is 5.69 Å². The second-order valence-electron chi connectivity index (χ2n) is 3.51. The summed E-state index contributed by atoms with van der Waals surface area (Å²) in [5.74, 6) is -0.0467. The first-order chi connectivity index (χ1) is 7.79. The van der Waals surface area contributed by atoms with Gasteiger partial charge in [-0.15, -0.1) is 5.10 Å². The molecule has 5 nitrogen and oxygen atoms in total. The van der Waals surface area contributed by atoms with Crippen LogP contribution in [0.5, 0.6) is 0 Å². The third kappa shape index (κ3) is 3.86. The molecule has 0 atom stereocenters. The number of nitrogens with zero attached hydrogens (tertiary/aromatic N) is 2. The van der Waals surface area contributed by atoms with Crippen molar-refractivity contribution in [2.24, 2.45) is 0 Å². The second-order valence-corrected chi connectivity index (χ2v) is 4.27. The molecular formula is C10H18N4OS. The average molecular weight is 242 g/mol. The lowest BCUT2D eigenvalue weighted by molar-refractivity contribution is 0.0956. The van der Waals surface area contributed by atoms with E-state index in [9.17, 15) is 4.79 Å². The summed E-state index contributed by atoms with van der Waals surface area (Å²) >= 11 is 1.17. The van der Waals surface area contributed by atoms with Crippen molar-refractivity contribution in [2.45, 2.75) is 26.2 Å². The summed E-state index contributed by atoms with van der Waals surface area (Å²) in [6, 6.07) is 0. The largest absolute Gasteiger partial charge is 0.351 e. The lowest BCUT2D eigenvalue weighted by Gasteiger charge is -2.03. The standard InChI is InChI=1S/C10H18N4OS/c1-3-5-8-9(16-14-13-8)10(15)12-7-4-6-11-2/h11H,3-7H2,1-2H3,(H,12,15). The lowest BCUT2D eigenvalue weighted by Crippen LogP contribution is -2.26. The molecule has 0 fully saturated rings. The third-order valence-electron chi connectivity index (χ3n) is 2.14. The summed E-state index contributed by atoms with van der Waals surface area (Å²) in [6.45, 7) is 3.65. The van der Waals surface area contributed by atoms with Gasteiger partial charge >= 0.3 is 0 Å². The van der Waals surface area contributed by atoms with Crippen LogP contribution in [0.3, 0.4) is 0 Å². The van der Waals surface area contributed by atoms with E-state index < -0.39 is 0 Å². The van der Waals surface area contributed by atoms with Gasteiger partial charge in [0.15, 0.2) is 0 Å². The predicted molar refractivity (Wildman–Crippen MR) is 64.8 cm³/mol. The maximum absolute atomic E-state index is 11.8. The van der Waals surface area contributed by atoms with Crippen molar-refractivity contribution in [3.8, 4) is 0 Å². The van der Waals surface area contributed by atoms with E-state index in [1.807, 2.05) is 7.05 Å². The molecule has 0 unspecified atom stereocenters. The predicted octanol–water partition coefficient (Wildman–Crippen LogP) is 0.830. The van der Waals surface area contributed by atoms with Gasteiger partial charge in [-0.25, -0.2) is 0 Å². The van der Waals surface area contributed by atoms with Crippen molar-refractivity contribution in [2.75, 3.05) is 20.1 Å². The Balaban J connectivity index is 2.42. The molecule has 90 valence electrons. The van der Waals surface area contributed by atoms with E-state index >= 15 is 0 Å². The molecule has 0 aliphatic carbocycles. The Labute approximate surface area is 99.8 Å². The molecule has 0 spiro atoms. The van der Waals surface area contributed by atoms with Crippen molar-refractivity contribution in [3.05, 3.63) is 10.6 Å². The van der Waals surface area contributed by atoms with Crippen molar-refractivity contribution in [1.82, 2.24) is 20.2 Å². The zero-order valence-corrected chi connectivity index (χ0v) is 10.6. The zero-order chi connectivity index (χ0) is 11.8. The summed E-state index contributed by atoms with van der Waals surface area (Å²) in [6.07, 6.45) is 2.72. The van der Waals surface area contributed by atoms with Crippen molar-refractivity contribution in [3.63, 3.8) is 0 Å². The Kier molecular flexibility index (Phi) is 5.95. The lowest BCUT2D eigenvalue weighted by atomic mass is 10.2.